The quantitative estimate of drug-likeness (QED) is 0.558. The summed E-state index contributed by atoms with van der Waals surface area (Å²) in [5.41, 5.74) is 0. The first kappa shape index (κ1) is 7.33. The first-order chi connectivity index (χ1) is 4.58. The number of aliphatic imine (C=N–C) groups is 1. The summed E-state index contributed by atoms with van der Waals surface area (Å²) < 4.78 is 41.7. The topological polar surface area (TPSA) is 30.8 Å². The van der Waals surface area contributed by atoms with Crippen molar-refractivity contribution >= 4 is 6.40 Å². The average Bonchev–Trinajstić information content (AvgIpc) is 2.12. The van der Waals surface area contributed by atoms with Gasteiger partial charge in [0.05, 0.1) is 0 Å². The average molecular weight is 154 g/mol. The SMILES string of the molecule is FC(F)(F)OC1CO[C]=N1. The normalized spacial score (nSPS) is 24.9. The summed E-state index contributed by atoms with van der Waals surface area (Å²) >= 11 is 0. The lowest BCUT2D eigenvalue weighted by Crippen LogP contribution is -2.23. The third-order valence-electron chi connectivity index (χ3n) is 0.757. The van der Waals surface area contributed by atoms with Crippen LogP contribution in [0.5, 0.6) is 0 Å². The van der Waals surface area contributed by atoms with E-state index in [0.717, 1.165) is 0 Å². The van der Waals surface area contributed by atoms with Gasteiger partial charge in [-0.05, 0) is 0 Å². The Hall–Kier alpha value is -0.780. The van der Waals surface area contributed by atoms with Crippen LogP contribution in [0.1, 0.15) is 0 Å². The second-order valence-corrected chi connectivity index (χ2v) is 1.55. The molecule has 57 valence electrons. The fourth-order valence-corrected chi connectivity index (χ4v) is 0.457. The van der Waals surface area contributed by atoms with Crippen LogP contribution < -0.4 is 0 Å². The molecule has 6 heteroatoms. The maximum atomic E-state index is 11.3. The van der Waals surface area contributed by atoms with Crippen molar-refractivity contribution in [1.82, 2.24) is 0 Å². The summed E-state index contributed by atoms with van der Waals surface area (Å²) in [6, 6.07) is 0. The van der Waals surface area contributed by atoms with E-state index in [1.54, 1.807) is 0 Å². The van der Waals surface area contributed by atoms with Crippen LogP contribution >= 0.6 is 0 Å². The molecule has 0 bridgehead atoms. The van der Waals surface area contributed by atoms with Crippen LogP contribution in [0, 0.1) is 0 Å². The smallest absolute Gasteiger partial charge is 0.469 e. The minimum atomic E-state index is -4.65. The molecule has 1 aliphatic heterocycles. The summed E-state index contributed by atoms with van der Waals surface area (Å²) in [7, 11) is 0. The number of halogens is 3. The molecule has 1 radical (unpaired) electrons. The maximum Gasteiger partial charge on any atom is 0.524 e. The van der Waals surface area contributed by atoms with Gasteiger partial charge in [0.2, 0.25) is 0 Å². The van der Waals surface area contributed by atoms with Crippen molar-refractivity contribution in [2.45, 2.75) is 12.6 Å². The molecule has 0 aromatic carbocycles. The first-order valence-electron chi connectivity index (χ1n) is 2.39. The minimum absolute atomic E-state index is 0.223. The fraction of sp³-hybridized carbons (Fsp3) is 0.750. The molecule has 1 heterocycles. The molecule has 0 saturated carbocycles. The predicted molar refractivity (Wildman–Crippen MR) is 24.3 cm³/mol. The molecule has 1 unspecified atom stereocenters. The van der Waals surface area contributed by atoms with Gasteiger partial charge in [0.15, 0.2) is 6.23 Å². The van der Waals surface area contributed by atoms with Gasteiger partial charge in [-0.2, -0.15) is 0 Å². The third-order valence-corrected chi connectivity index (χ3v) is 0.757. The molecule has 1 rings (SSSR count). The van der Waals surface area contributed by atoms with Crippen LogP contribution in [-0.2, 0) is 9.47 Å². The fourth-order valence-electron chi connectivity index (χ4n) is 0.457. The number of hydrogen-bond acceptors (Lipinski definition) is 3. The highest BCUT2D eigenvalue weighted by Gasteiger charge is 2.34. The molecule has 0 amide bonds. The van der Waals surface area contributed by atoms with Gasteiger partial charge in [-0.1, -0.05) is 0 Å². The van der Waals surface area contributed by atoms with Crippen LogP contribution in [0.4, 0.5) is 13.2 Å². The summed E-state index contributed by atoms with van der Waals surface area (Å²) in [5.74, 6) is 0. The van der Waals surface area contributed by atoms with Crippen molar-refractivity contribution in [3.63, 3.8) is 0 Å². The van der Waals surface area contributed by atoms with Crippen LogP contribution in [0.15, 0.2) is 4.99 Å². The minimum Gasteiger partial charge on any atom is -0.469 e. The summed E-state index contributed by atoms with van der Waals surface area (Å²) in [5, 5.41) is 0. The predicted octanol–water partition coefficient (Wildman–Crippen LogP) is 0.784. The van der Waals surface area contributed by atoms with Crippen LogP contribution in [0.3, 0.4) is 0 Å². The lowest BCUT2D eigenvalue weighted by Gasteiger charge is -2.09. The molecular formula is C4H3F3NO2. The molecule has 1 aliphatic rings. The van der Waals surface area contributed by atoms with Crippen LogP contribution in [0.2, 0.25) is 0 Å². The van der Waals surface area contributed by atoms with Gasteiger partial charge in [-0.25, -0.2) is 4.99 Å². The van der Waals surface area contributed by atoms with Crippen molar-refractivity contribution in [2.24, 2.45) is 4.99 Å². The van der Waals surface area contributed by atoms with Crippen molar-refractivity contribution in [3.8, 4) is 0 Å². The monoisotopic (exact) mass is 154 g/mol. The number of nitrogens with zero attached hydrogens (tertiary/aromatic N) is 1. The van der Waals surface area contributed by atoms with Gasteiger partial charge in [0, 0.05) is 0 Å². The molecule has 0 aromatic rings. The lowest BCUT2D eigenvalue weighted by molar-refractivity contribution is -0.341. The van der Waals surface area contributed by atoms with E-state index in [2.05, 4.69) is 14.5 Å². The standard InChI is InChI=1S/C4H3F3NO2/c5-4(6,7)10-3-1-9-2-8-3/h3H,1H2. The molecule has 0 aromatic heterocycles. The largest absolute Gasteiger partial charge is 0.524 e. The molecule has 1 atom stereocenters. The van der Waals surface area contributed by atoms with Gasteiger partial charge >= 0.3 is 6.36 Å². The molecule has 10 heavy (non-hydrogen) atoms. The number of hydrogen-bond donors (Lipinski definition) is 0. The molecule has 0 spiro atoms. The van der Waals surface area contributed by atoms with Crippen molar-refractivity contribution in [1.29, 1.82) is 0 Å². The highest BCUT2D eigenvalue weighted by molar-refractivity contribution is 5.48. The molecule has 0 N–H and O–H groups in total. The van der Waals surface area contributed by atoms with Crippen LogP contribution in [0.25, 0.3) is 0 Å². The van der Waals surface area contributed by atoms with E-state index in [-0.39, 0.29) is 6.61 Å². The Kier molecular flexibility index (Phi) is 1.80. The van der Waals surface area contributed by atoms with E-state index in [0.29, 0.717) is 0 Å². The molecule has 0 fully saturated rings. The van der Waals surface area contributed by atoms with Gasteiger partial charge in [-0.15, -0.1) is 13.2 Å². The summed E-state index contributed by atoms with van der Waals surface area (Å²) in [4.78, 5) is 3.11. The zero-order valence-corrected chi connectivity index (χ0v) is 4.68. The van der Waals surface area contributed by atoms with Gasteiger partial charge in [-0.3, -0.25) is 4.74 Å². The van der Waals surface area contributed by atoms with Crippen molar-refractivity contribution < 1.29 is 22.6 Å². The van der Waals surface area contributed by atoms with Crippen molar-refractivity contribution in [2.75, 3.05) is 6.61 Å². The van der Waals surface area contributed by atoms with E-state index in [9.17, 15) is 13.2 Å². The lowest BCUT2D eigenvalue weighted by atomic mass is 10.6. The Bertz CT molecular complexity index is 144. The Morgan fingerprint density at radius 2 is 2.30 bits per heavy atom. The Morgan fingerprint density at radius 1 is 1.60 bits per heavy atom. The second kappa shape index (κ2) is 2.45. The van der Waals surface area contributed by atoms with E-state index >= 15 is 0 Å². The molecule has 3 nitrogen and oxygen atoms in total. The Labute approximate surface area is 54.4 Å². The number of alkyl halides is 3. The van der Waals surface area contributed by atoms with Crippen molar-refractivity contribution in [3.05, 3.63) is 0 Å². The zero-order valence-electron chi connectivity index (χ0n) is 4.68. The van der Waals surface area contributed by atoms with E-state index in [4.69, 9.17) is 0 Å². The third kappa shape index (κ3) is 2.22. The second-order valence-electron chi connectivity index (χ2n) is 1.55. The number of rotatable bonds is 1. The highest BCUT2D eigenvalue weighted by Crippen LogP contribution is 2.20. The summed E-state index contributed by atoms with van der Waals surface area (Å²) in [6.45, 7) is -0.223. The van der Waals surface area contributed by atoms with E-state index in [1.807, 2.05) is 6.40 Å². The Balaban J connectivity index is 2.31. The first-order valence-corrected chi connectivity index (χ1v) is 2.39. The maximum absolute atomic E-state index is 11.3. The zero-order chi connectivity index (χ0) is 7.61. The molecule has 0 aliphatic carbocycles. The molecular weight excluding hydrogens is 151 g/mol. The van der Waals surface area contributed by atoms with Gasteiger partial charge < -0.3 is 4.74 Å². The summed E-state index contributed by atoms with van der Waals surface area (Å²) in [6.07, 6.45) is -4.03. The van der Waals surface area contributed by atoms with E-state index < -0.39 is 12.6 Å². The van der Waals surface area contributed by atoms with Gasteiger partial charge in [0.25, 0.3) is 6.40 Å². The number of ether oxygens (including phenoxy) is 2. The van der Waals surface area contributed by atoms with E-state index in [1.165, 1.54) is 0 Å². The van der Waals surface area contributed by atoms with Gasteiger partial charge in [0.1, 0.15) is 6.61 Å². The Morgan fingerprint density at radius 3 is 2.70 bits per heavy atom. The molecule has 0 saturated heterocycles. The van der Waals surface area contributed by atoms with Crippen LogP contribution in [-0.4, -0.2) is 25.6 Å². The highest BCUT2D eigenvalue weighted by atomic mass is 19.4.